The van der Waals surface area contributed by atoms with Crippen LogP contribution < -0.4 is 5.56 Å². The van der Waals surface area contributed by atoms with Gasteiger partial charge in [-0.3, -0.25) is 14.7 Å². The topological polar surface area (TPSA) is 70.5 Å². The lowest BCUT2D eigenvalue weighted by Gasteiger charge is -2.27. The molecule has 1 amide bonds. The van der Waals surface area contributed by atoms with Crippen molar-refractivity contribution in [3.63, 3.8) is 0 Å². The molecule has 1 aliphatic carbocycles. The van der Waals surface area contributed by atoms with Crippen LogP contribution in [0.3, 0.4) is 0 Å². The quantitative estimate of drug-likeness (QED) is 0.756. The zero-order chi connectivity index (χ0) is 20.1. The molecule has 146 valence electrons. The van der Waals surface area contributed by atoms with Crippen molar-refractivity contribution in [3.8, 4) is 11.3 Å². The van der Waals surface area contributed by atoms with Crippen LogP contribution in [-0.2, 0) is 0 Å². The average Bonchev–Trinajstić information content (AvgIpc) is 3.24. The molecule has 6 heteroatoms. The molecule has 1 atom stereocenters. The number of fused-ring (bicyclic) bond motifs is 1. The second-order valence-corrected chi connectivity index (χ2v) is 8.58. The number of carbonyl (C=O) groups is 1. The van der Waals surface area contributed by atoms with Crippen LogP contribution in [-0.4, -0.2) is 39.5 Å². The molecule has 0 bridgehead atoms. The highest BCUT2D eigenvalue weighted by atomic mass is 16.2. The number of hydrogen-bond donors (Lipinski definition) is 1. The molecule has 28 heavy (non-hydrogen) atoms. The Balaban J connectivity index is 1.74. The Bertz CT molecular complexity index is 1090. The van der Waals surface area contributed by atoms with Gasteiger partial charge in [0, 0.05) is 31.9 Å². The zero-order valence-corrected chi connectivity index (χ0v) is 16.8. The summed E-state index contributed by atoms with van der Waals surface area (Å²) < 4.78 is 1.30. The number of nitrogens with zero attached hydrogens (tertiary/aromatic N) is 3. The number of nitrogens with one attached hydrogen (secondary N) is 1. The van der Waals surface area contributed by atoms with E-state index >= 15 is 0 Å². The van der Waals surface area contributed by atoms with E-state index in [1.165, 1.54) is 46.5 Å². The summed E-state index contributed by atoms with van der Waals surface area (Å²) in [5.41, 5.74) is 3.62. The average molecular weight is 378 g/mol. The molecule has 3 aromatic rings. The summed E-state index contributed by atoms with van der Waals surface area (Å²) >= 11 is 0. The molecule has 0 spiro atoms. The van der Waals surface area contributed by atoms with E-state index in [1.807, 2.05) is 12.1 Å². The molecule has 2 heterocycles. The fraction of sp³-hybridized carbons (Fsp3) is 0.409. The Kier molecular flexibility index (Phi) is 4.37. The molecule has 6 nitrogen and oxygen atoms in total. The van der Waals surface area contributed by atoms with Crippen LogP contribution in [0, 0.1) is 5.41 Å². The van der Waals surface area contributed by atoms with Crippen molar-refractivity contribution in [3.05, 3.63) is 58.0 Å². The van der Waals surface area contributed by atoms with E-state index in [4.69, 9.17) is 0 Å². The van der Waals surface area contributed by atoms with Gasteiger partial charge in [0.15, 0.2) is 5.65 Å². The van der Waals surface area contributed by atoms with Gasteiger partial charge in [0.25, 0.3) is 11.5 Å². The van der Waals surface area contributed by atoms with E-state index in [2.05, 4.69) is 36.1 Å². The standard InChI is InChI=1S/C22H26N4O2/c1-22(2)11-5-6-17(22)14-7-9-15(10-8-14)18-12-19(27)26-20(24-18)16(13-23-26)21(28)25(3)4/h7-10,12-13,17,23H,5-6,11H2,1-4H3/t17-/m0/s1. The number of rotatable bonds is 3. The van der Waals surface area contributed by atoms with Crippen LogP contribution >= 0.6 is 0 Å². The Hall–Kier alpha value is -2.89. The third-order valence-corrected chi connectivity index (χ3v) is 6.00. The van der Waals surface area contributed by atoms with Crippen molar-refractivity contribution in [2.24, 2.45) is 5.41 Å². The van der Waals surface area contributed by atoms with Crippen LogP contribution in [0.25, 0.3) is 16.9 Å². The lowest BCUT2D eigenvalue weighted by molar-refractivity contribution is 0.0829. The summed E-state index contributed by atoms with van der Waals surface area (Å²) in [5, 5.41) is 2.82. The number of amides is 1. The smallest absolute Gasteiger partial charge is 0.273 e. The molecular formula is C22H26N4O2. The minimum absolute atomic E-state index is 0.193. The summed E-state index contributed by atoms with van der Waals surface area (Å²) in [6, 6.07) is 9.87. The van der Waals surface area contributed by atoms with Gasteiger partial charge in [-0.2, -0.15) is 0 Å². The normalized spacial score (nSPS) is 18.5. The molecule has 1 aromatic carbocycles. The summed E-state index contributed by atoms with van der Waals surface area (Å²) in [5.74, 6) is 0.373. The molecule has 0 saturated heterocycles. The number of hydrogen-bond acceptors (Lipinski definition) is 3. The second kappa shape index (κ2) is 6.62. The summed E-state index contributed by atoms with van der Waals surface area (Å²) in [6.07, 6.45) is 5.27. The van der Waals surface area contributed by atoms with Gasteiger partial charge in [-0.25, -0.2) is 9.50 Å². The Morgan fingerprint density at radius 2 is 1.96 bits per heavy atom. The van der Waals surface area contributed by atoms with E-state index in [-0.39, 0.29) is 11.5 Å². The highest BCUT2D eigenvalue weighted by Crippen LogP contribution is 2.48. The van der Waals surface area contributed by atoms with Crippen LogP contribution in [0.2, 0.25) is 0 Å². The van der Waals surface area contributed by atoms with Crippen molar-refractivity contribution >= 4 is 11.6 Å². The summed E-state index contributed by atoms with van der Waals surface area (Å²) in [4.78, 5) is 31.0. The molecule has 4 rings (SSSR count). The third kappa shape index (κ3) is 3.03. The van der Waals surface area contributed by atoms with Gasteiger partial charge < -0.3 is 4.90 Å². The molecule has 1 aliphatic rings. The predicted octanol–water partition coefficient (Wildman–Crippen LogP) is 3.69. The predicted molar refractivity (Wildman–Crippen MR) is 110 cm³/mol. The van der Waals surface area contributed by atoms with Crippen LogP contribution in [0.1, 0.15) is 54.9 Å². The van der Waals surface area contributed by atoms with Gasteiger partial charge in [-0.1, -0.05) is 44.5 Å². The molecule has 2 aromatic heterocycles. The van der Waals surface area contributed by atoms with E-state index < -0.39 is 0 Å². The highest BCUT2D eigenvalue weighted by Gasteiger charge is 2.35. The van der Waals surface area contributed by atoms with E-state index in [1.54, 1.807) is 14.1 Å². The Morgan fingerprint density at radius 3 is 2.57 bits per heavy atom. The van der Waals surface area contributed by atoms with E-state index in [0.717, 1.165) is 5.56 Å². The monoisotopic (exact) mass is 378 g/mol. The van der Waals surface area contributed by atoms with Gasteiger partial charge in [-0.15, -0.1) is 0 Å². The summed E-state index contributed by atoms with van der Waals surface area (Å²) in [6.45, 7) is 4.67. The maximum absolute atomic E-state index is 12.5. The van der Waals surface area contributed by atoms with Crippen molar-refractivity contribution in [1.82, 2.24) is 19.5 Å². The maximum atomic E-state index is 12.5. The SMILES string of the molecule is CN(C)C(=O)c1c[nH]n2c(=O)cc(-c3ccc([C@@H]4CCCC4(C)C)cc3)nc12. The minimum Gasteiger partial charge on any atom is -0.345 e. The van der Waals surface area contributed by atoms with Crippen molar-refractivity contribution in [1.29, 1.82) is 0 Å². The third-order valence-electron chi connectivity index (χ3n) is 6.00. The molecule has 1 fully saturated rings. The van der Waals surface area contributed by atoms with E-state index in [9.17, 15) is 9.59 Å². The first kappa shape index (κ1) is 18.5. The molecule has 1 N–H and O–H groups in total. The van der Waals surface area contributed by atoms with Crippen molar-refractivity contribution in [2.75, 3.05) is 14.1 Å². The van der Waals surface area contributed by atoms with Gasteiger partial charge in [0.05, 0.1) is 5.69 Å². The first-order valence-electron chi connectivity index (χ1n) is 9.71. The number of benzene rings is 1. The Morgan fingerprint density at radius 1 is 1.25 bits per heavy atom. The van der Waals surface area contributed by atoms with Gasteiger partial charge in [-0.05, 0) is 29.7 Å². The highest BCUT2D eigenvalue weighted by molar-refractivity contribution is 5.99. The molecular weight excluding hydrogens is 352 g/mol. The molecule has 0 aliphatic heterocycles. The van der Waals surface area contributed by atoms with Gasteiger partial charge in [0.1, 0.15) is 5.56 Å². The van der Waals surface area contributed by atoms with Crippen molar-refractivity contribution < 1.29 is 4.79 Å². The van der Waals surface area contributed by atoms with Crippen LogP contribution in [0.15, 0.2) is 41.3 Å². The molecule has 0 radical (unpaired) electrons. The number of H-pyrrole nitrogens is 1. The number of aromatic amines is 1. The largest absolute Gasteiger partial charge is 0.345 e. The van der Waals surface area contributed by atoms with Crippen LogP contribution in [0.4, 0.5) is 0 Å². The lowest BCUT2D eigenvalue weighted by Crippen LogP contribution is -2.22. The lowest BCUT2D eigenvalue weighted by atomic mass is 9.77. The fourth-order valence-electron chi connectivity index (χ4n) is 4.36. The Labute approximate surface area is 164 Å². The minimum atomic E-state index is -0.237. The fourth-order valence-corrected chi connectivity index (χ4v) is 4.36. The summed E-state index contributed by atoms with van der Waals surface area (Å²) in [7, 11) is 3.36. The number of aromatic nitrogens is 3. The van der Waals surface area contributed by atoms with Gasteiger partial charge in [0.2, 0.25) is 0 Å². The first-order chi connectivity index (χ1) is 13.3. The molecule has 1 saturated carbocycles. The van der Waals surface area contributed by atoms with Crippen molar-refractivity contribution in [2.45, 2.75) is 39.0 Å². The second-order valence-electron chi connectivity index (χ2n) is 8.58. The zero-order valence-electron chi connectivity index (χ0n) is 16.8. The first-order valence-corrected chi connectivity index (χ1v) is 9.71. The number of carbonyl (C=O) groups excluding carboxylic acids is 1. The van der Waals surface area contributed by atoms with Crippen LogP contribution in [0.5, 0.6) is 0 Å². The molecule has 0 unspecified atom stereocenters. The van der Waals surface area contributed by atoms with E-state index in [0.29, 0.717) is 28.2 Å². The maximum Gasteiger partial charge on any atom is 0.273 e. The van der Waals surface area contributed by atoms with Gasteiger partial charge >= 0.3 is 0 Å².